The Kier molecular flexibility index (Phi) is 4.23. The molecule has 14 heavy (non-hydrogen) atoms. The number of hydrogen-bond donors (Lipinski definition) is 1. The van der Waals surface area contributed by atoms with Crippen LogP contribution in [0.15, 0.2) is 0 Å². The Morgan fingerprint density at radius 2 is 1.86 bits per heavy atom. The maximum absolute atomic E-state index is 12.0. The van der Waals surface area contributed by atoms with Crippen molar-refractivity contribution in [2.75, 3.05) is 6.54 Å². The molecule has 1 aliphatic rings. The minimum absolute atomic E-state index is 0.0791. The SMILES string of the molecule is CCC1CCCCC1NCC(F)(F)F. The van der Waals surface area contributed by atoms with E-state index in [1.807, 2.05) is 0 Å². The summed E-state index contributed by atoms with van der Waals surface area (Å²) in [6.07, 6.45) is 1.11. The molecule has 1 N–H and O–H groups in total. The van der Waals surface area contributed by atoms with Gasteiger partial charge in [-0.15, -0.1) is 0 Å². The maximum atomic E-state index is 12.0. The third kappa shape index (κ3) is 3.86. The van der Waals surface area contributed by atoms with Gasteiger partial charge < -0.3 is 5.32 Å². The van der Waals surface area contributed by atoms with Crippen LogP contribution in [-0.2, 0) is 0 Å². The van der Waals surface area contributed by atoms with Crippen LogP contribution in [0, 0.1) is 5.92 Å². The van der Waals surface area contributed by atoms with Crippen molar-refractivity contribution >= 4 is 0 Å². The van der Waals surface area contributed by atoms with Crippen LogP contribution < -0.4 is 5.32 Å². The average molecular weight is 209 g/mol. The average Bonchev–Trinajstić information content (AvgIpc) is 2.14. The van der Waals surface area contributed by atoms with Gasteiger partial charge in [-0.2, -0.15) is 13.2 Å². The van der Waals surface area contributed by atoms with E-state index in [4.69, 9.17) is 0 Å². The van der Waals surface area contributed by atoms with Crippen LogP contribution in [0.1, 0.15) is 39.0 Å². The molecular weight excluding hydrogens is 191 g/mol. The minimum atomic E-state index is -4.07. The second-order valence-corrected chi connectivity index (χ2v) is 4.06. The zero-order valence-electron chi connectivity index (χ0n) is 8.53. The fourth-order valence-corrected chi connectivity index (χ4v) is 2.21. The van der Waals surface area contributed by atoms with Crippen molar-refractivity contribution in [3.8, 4) is 0 Å². The molecule has 84 valence electrons. The summed E-state index contributed by atoms with van der Waals surface area (Å²) in [5.41, 5.74) is 0. The predicted molar refractivity (Wildman–Crippen MR) is 50.1 cm³/mol. The number of alkyl halides is 3. The van der Waals surface area contributed by atoms with E-state index in [1.54, 1.807) is 0 Å². The standard InChI is InChI=1S/C10H18F3N/c1-2-8-5-3-4-6-9(8)14-7-10(11,12)13/h8-9,14H,2-7H2,1H3. The van der Waals surface area contributed by atoms with E-state index >= 15 is 0 Å². The van der Waals surface area contributed by atoms with Gasteiger partial charge in [0.15, 0.2) is 0 Å². The number of halogens is 3. The maximum Gasteiger partial charge on any atom is 0.401 e. The smallest absolute Gasteiger partial charge is 0.306 e. The summed E-state index contributed by atoms with van der Waals surface area (Å²) in [7, 11) is 0. The highest BCUT2D eigenvalue weighted by Gasteiger charge is 2.30. The molecule has 1 nitrogen and oxygen atoms in total. The molecule has 0 bridgehead atoms. The lowest BCUT2D eigenvalue weighted by atomic mass is 9.83. The Morgan fingerprint density at radius 3 is 2.43 bits per heavy atom. The van der Waals surface area contributed by atoms with E-state index in [2.05, 4.69) is 12.2 Å². The molecule has 0 heterocycles. The first-order chi connectivity index (χ1) is 6.53. The summed E-state index contributed by atoms with van der Waals surface area (Å²) in [5, 5.41) is 2.64. The molecule has 1 fully saturated rings. The molecule has 0 aromatic heterocycles. The molecule has 0 aliphatic heterocycles. The van der Waals surface area contributed by atoms with Crippen molar-refractivity contribution in [1.29, 1.82) is 0 Å². The van der Waals surface area contributed by atoms with Gasteiger partial charge in [0.05, 0.1) is 6.54 Å². The Bertz CT molecular complexity index is 167. The van der Waals surface area contributed by atoms with E-state index < -0.39 is 12.7 Å². The Morgan fingerprint density at radius 1 is 1.21 bits per heavy atom. The van der Waals surface area contributed by atoms with Crippen molar-refractivity contribution in [2.45, 2.75) is 51.2 Å². The summed E-state index contributed by atoms with van der Waals surface area (Å²) in [4.78, 5) is 0. The highest BCUT2D eigenvalue weighted by molar-refractivity contribution is 4.80. The first kappa shape index (κ1) is 11.8. The van der Waals surface area contributed by atoms with Gasteiger partial charge in [0.25, 0.3) is 0 Å². The molecule has 0 radical (unpaired) electrons. The zero-order chi connectivity index (χ0) is 10.6. The van der Waals surface area contributed by atoms with Crippen LogP contribution in [-0.4, -0.2) is 18.8 Å². The summed E-state index contributed by atoms with van der Waals surface area (Å²) >= 11 is 0. The molecule has 4 heteroatoms. The molecule has 0 aromatic rings. The normalized spacial score (nSPS) is 29.1. The van der Waals surface area contributed by atoms with Crippen molar-refractivity contribution in [3.63, 3.8) is 0 Å². The fraction of sp³-hybridized carbons (Fsp3) is 1.00. The van der Waals surface area contributed by atoms with Crippen molar-refractivity contribution in [2.24, 2.45) is 5.92 Å². The lowest BCUT2D eigenvalue weighted by molar-refractivity contribution is -0.127. The molecular formula is C10H18F3N. The van der Waals surface area contributed by atoms with E-state index in [0.717, 1.165) is 25.7 Å². The van der Waals surface area contributed by atoms with Gasteiger partial charge in [0, 0.05) is 6.04 Å². The lowest BCUT2D eigenvalue weighted by Gasteiger charge is -2.31. The second-order valence-electron chi connectivity index (χ2n) is 4.06. The fourth-order valence-electron chi connectivity index (χ4n) is 2.21. The highest BCUT2D eigenvalue weighted by Crippen LogP contribution is 2.27. The zero-order valence-corrected chi connectivity index (χ0v) is 8.53. The topological polar surface area (TPSA) is 12.0 Å². The van der Waals surface area contributed by atoms with Gasteiger partial charge in [-0.25, -0.2) is 0 Å². The van der Waals surface area contributed by atoms with E-state index in [9.17, 15) is 13.2 Å². The quantitative estimate of drug-likeness (QED) is 0.753. The Labute approximate surface area is 83.1 Å². The van der Waals surface area contributed by atoms with Crippen LogP contribution in [0.2, 0.25) is 0 Å². The predicted octanol–water partition coefficient (Wildman–Crippen LogP) is 3.11. The molecule has 0 amide bonds. The molecule has 0 saturated heterocycles. The van der Waals surface area contributed by atoms with E-state index in [0.29, 0.717) is 5.92 Å². The van der Waals surface area contributed by atoms with Crippen molar-refractivity contribution in [3.05, 3.63) is 0 Å². The molecule has 1 rings (SSSR count). The van der Waals surface area contributed by atoms with Crippen LogP contribution in [0.3, 0.4) is 0 Å². The van der Waals surface area contributed by atoms with Crippen LogP contribution in [0.4, 0.5) is 13.2 Å². The Balaban J connectivity index is 2.33. The molecule has 2 unspecified atom stereocenters. The first-order valence-electron chi connectivity index (χ1n) is 5.33. The summed E-state index contributed by atoms with van der Waals surface area (Å²) in [5.74, 6) is 0.436. The van der Waals surface area contributed by atoms with Gasteiger partial charge in [-0.3, -0.25) is 0 Å². The molecule has 2 atom stereocenters. The number of hydrogen-bond acceptors (Lipinski definition) is 1. The molecule has 0 aromatic carbocycles. The van der Waals surface area contributed by atoms with Gasteiger partial charge >= 0.3 is 6.18 Å². The van der Waals surface area contributed by atoms with Gasteiger partial charge in [0.1, 0.15) is 0 Å². The molecule has 1 aliphatic carbocycles. The first-order valence-corrected chi connectivity index (χ1v) is 5.33. The summed E-state index contributed by atoms with van der Waals surface area (Å²) in [6, 6.07) is 0.0791. The van der Waals surface area contributed by atoms with Crippen LogP contribution in [0.5, 0.6) is 0 Å². The van der Waals surface area contributed by atoms with Gasteiger partial charge in [0.2, 0.25) is 0 Å². The number of rotatable bonds is 3. The molecule has 1 saturated carbocycles. The van der Waals surface area contributed by atoms with Gasteiger partial charge in [-0.1, -0.05) is 26.2 Å². The van der Waals surface area contributed by atoms with Crippen LogP contribution in [0.25, 0.3) is 0 Å². The van der Waals surface area contributed by atoms with E-state index in [1.165, 1.54) is 6.42 Å². The Hall–Kier alpha value is -0.250. The minimum Gasteiger partial charge on any atom is -0.306 e. The van der Waals surface area contributed by atoms with E-state index in [-0.39, 0.29) is 6.04 Å². The third-order valence-electron chi connectivity index (χ3n) is 3.00. The van der Waals surface area contributed by atoms with Crippen molar-refractivity contribution < 1.29 is 13.2 Å². The van der Waals surface area contributed by atoms with Crippen molar-refractivity contribution in [1.82, 2.24) is 5.32 Å². The largest absolute Gasteiger partial charge is 0.401 e. The van der Waals surface area contributed by atoms with Crippen LogP contribution >= 0.6 is 0 Å². The molecule has 0 spiro atoms. The number of nitrogens with one attached hydrogen (secondary N) is 1. The second kappa shape index (κ2) is 5.01. The lowest BCUT2D eigenvalue weighted by Crippen LogP contribution is -2.42. The third-order valence-corrected chi connectivity index (χ3v) is 3.00. The summed E-state index contributed by atoms with van der Waals surface area (Å²) in [6.45, 7) is 1.21. The van der Waals surface area contributed by atoms with Gasteiger partial charge in [-0.05, 0) is 18.8 Å². The monoisotopic (exact) mass is 209 g/mol. The highest BCUT2D eigenvalue weighted by atomic mass is 19.4. The summed E-state index contributed by atoms with van der Waals surface area (Å²) < 4.78 is 35.9.